The monoisotopic (exact) mass is 1020 g/mol. The summed E-state index contributed by atoms with van der Waals surface area (Å²) in [6.45, 7) is 3.87. The molecule has 3 heterocycles. The summed E-state index contributed by atoms with van der Waals surface area (Å²) < 4.78 is 201. The van der Waals surface area contributed by atoms with Gasteiger partial charge in [-0.2, -0.15) is 49.6 Å². The highest BCUT2D eigenvalue weighted by molar-refractivity contribution is 7.93. The largest absolute Gasteiger partial charge is 0.452 e. The number of aryl methyl sites for hydroxylation is 1. The van der Waals surface area contributed by atoms with Gasteiger partial charge in [-0.15, -0.1) is 6.58 Å². The number of fused-ring (bicyclic) bond motifs is 2. The summed E-state index contributed by atoms with van der Waals surface area (Å²) in [5.74, 6) is -5.20. The van der Waals surface area contributed by atoms with Gasteiger partial charge in [-0.1, -0.05) is 24.1 Å². The number of allylic oxidation sites excluding steroid dienone is 1. The number of methoxy groups -OCH3 is 1. The molecule has 370 valence electrons. The normalized spacial score (nSPS) is 15.6. The number of sulfone groups is 1. The lowest BCUT2D eigenvalue weighted by atomic mass is 9.92. The van der Waals surface area contributed by atoms with Crippen molar-refractivity contribution >= 4 is 48.6 Å². The molecule has 0 bridgehead atoms. The fourth-order valence-electron chi connectivity index (χ4n) is 7.63. The maximum atomic E-state index is 15.7. The van der Waals surface area contributed by atoms with E-state index in [0.717, 1.165) is 31.6 Å². The second-order valence-corrected chi connectivity index (χ2v) is 20.9. The van der Waals surface area contributed by atoms with Gasteiger partial charge in [0.2, 0.25) is 15.9 Å². The van der Waals surface area contributed by atoms with E-state index in [9.17, 15) is 61.5 Å². The van der Waals surface area contributed by atoms with Crippen LogP contribution in [0, 0.1) is 36.3 Å². The van der Waals surface area contributed by atoms with E-state index in [-0.39, 0.29) is 42.3 Å². The zero-order valence-corrected chi connectivity index (χ0v) is 38.6. The Morgan fingerprint density at radius 3 is 2.16 bits per heavy atom. The number of amides is 2. The molecule has 26 heteroatoms. The van der Waals surface area contributed by atoms with Crippen molar-refractivity contribution in [2.24, 2.45) is 5.92 Å². The highest BCUT2D eigenvalue weighted by Crippen LogP contribution is 2.50. The van der Waals surface area contributed by atoms with Gasteiger partial charge in [-0.25, -0.2) is 35.4 Å². The zero-order chi connectivity index (χ0) is 51.6. The number of hydrogen-bond donors (Lipinski definition) is 1. The maximum absolute atomic E-state index is 15.7. The number of nitrogens with one attached hydrogen (secondary N) is 1. The maximum Gasteiger partial charge on any atom is 0.435 e. The number of alkyl halides is 8. The van der Waals surface area contributed by atoms with Crippen LogP contribution in [0.25, 0.3) is 22.0 Å². The van der Waals surface area contributed by atoms with Gasteiger partial charge >= 0.3 is 18.4 Å². The Kier molecular flexibility index (Phi) is 13.6. The van der Waals surface area contributed by atoms with Crippen LogP contribution < -0.4 is 9.62 Å². The summed E-state index contributed by atoms with van der Waals surface area (Å²) in [5.41, 5.74) is -5.79. The molecule has 0 aliphatic heterocycles. The number of benzene rings is 2. The van der Waals surface area contributed by atoms with Crippen LogP contribution in [-0.2, 0) is 67.4 Å². The molecule has 14 nitrogen and oxygen atoms in total. The number of rotatable bonds is 12. The number of hydrogen-bond acceptors (Lipinski definition) is 10. The van der Waals surface area contributed by atoms with E-state index >= 15 is 8.78 Å². The predicted octanol–water partition coefficient (Wildman–Crippen LogP) is 7.72. The van der Waals surface area contributed by atoms with Gasteiger partial charge in [0.1, 0.15) is 40.9 Å². The van der Waals surface area contributed by atoms with Crippen molar-refractivity contribution < 1.29 is 75.1 Å². The van der Waals surface area contributed by atoms with Gasteiger partial charge in [0, 0.05) is 34.4 Å². The van der Waals surface area contributed by atoms with Gasteiger partial charge in [0.05, 0.1) is 36.5 Å². The van der Waals surface area contributed by atoms with Crippen molar-refractivity contribution in [3.05, 3.63) is 106 Å². The van der Waals surface area contributed by atoms with Crippen LogP contribution in [0.15, 0.2) is 55.1 Å². The van der Waals surface area contributed by atoms with Gasteiger partial charge in [0.25, 0.3) is 5.92 Å². The van der Waals surface area contributed by atoms with E-state index in [4.69, 9.17) is 0 Å². The Bertz CT molecular complexity index is 3190. The molecule has 2 aromatic carbocycles. The zero-order valence-electron chi connectivity index (χ0n) is 36.9. The standard InChI is InChI=1S/C43H39F10N7O7S2/c1-8-24-18-30-36(43(51,52)53)56-58(37(30)42(24,49)50)20-32(61)55-31(17-23-15-25(44)19-26(45)16-23)34-28(12-10-27(54-34)13-14-40(3,4)68(6,63)64)29-11-9-22(2)33-35(29)59(21-41(46,47)48)57-38(33)60(39(62)67-5)69(7,65)66/h8-12,15-16,19,24,31H,1,17-18,20-21H2,2-7H3,(H,55,61)/t24-,31+/m1/s1. The number of sulfonamides is 1. The SMILES string of the molecule is C=C[C@@H]1Cc2c(C(F)(F)F)nn(CC(=O)N[C@@H](Cc3cc(F)cc(F)c3)c3nc(C#CC(C)(C)S(C)(=O)=O)ccc3-c3ccc(C)c4c(N(C(=O)OC)S(C)(=O)=O)nn(CC(F)(F)F)c34)c2C1(F)F. The average Bonchev–Trinajstić information content (AvgIpc) is 3.84. The third-order valence-corrected chi connectivity index (χ3v) is 14.0. The van der Waals surface area contributed by atoms with Gasteiger partial charge in [-0.05, 0) is 74.9 Å². The first-order chi connectivity index (χ1) is 31.7. The molecule has 1 aliphatic rings. The van der Waals surface area contributed by atoms with Crippen LogP contribution in [0.2, 0.25) is 0 Å². The fourth-order valence-corrected chi connectivity index (χ4v) is 8.65. The second kappa shape index (κ2) is 18.1. The van der Waals surface area contributed by atoms with E-state index < -0.39 is 138 Å². The Labute approximate surface area is 387 Å². The van der Waals surface area contributed by atoms with E-state index in [1.165, 1.54) is 45.0 Å². The minimum Gasteiger partial charge on any atom is -0.452 e. The average molecular weight is 1020 g/mol. The molecule has 0 radical (unpaired) electrons. The Balaban J connectivity index is 1.66. The van der Waals surface area contributed by atoms with Gasteiger partial charge in [-0.3, -0.25) is 14.2 Å². The van der Waals surface area contributed by atoms with Crippen LogP contribution in [0.1, 0.15) is 59.4 Å². The van der Waals surface area contributed by atoms with Crippen LogP contribution in [-0.4, -0.2) is 83.9 Å². The van der Waals surface area contributed by atoms with E-state index in [2.05, 4.69) is 43.7 Å². The molecule has 0 saturated carbocycles. The predicted molar refractivity (Wildman–Crippen MR) is 229 cm³/mol. The molecule has 5 aromatic rings. The minimum absolute atomic E-state index is 0.0128. The number of carbonyl (C=O) groups excluding carboxylic acids is 2. The lowest BCUT2D eigenvalue weighted by molar-refractivity contribution is -0.143. The highest BCUT2D eigenvalue weighted by atomic mass is 32.2. The van der Waals surface area contributed by atoms with Crippen molar-refractivity contribution in [3.8, 4) is 23.0 Å². The number of nitrogens with zero attached hydrogens (tertiary/aromatic N) is 6. The Hall–Kier alpha value is -6.49. The molecule has 0 saturated heterocycles. The first-order valence-corrected chi connectivity index (χ1v) is 23.7. The summed E-state index contributed by atoms with van der Waals surface area (Å²) in [6.07, 6.45) is -11.3. The topological polar surface area (TPSA) is 175 Å². The summed E-state index contributed by atoms with van der Waals surface area (Å²) in [4.78, 5) is 31.6. The number of ether oxygens (including phenoxy) is 1. The molecular weight excluding hydrogens is 981 g/mol. The third kappa shape index (κ3) is 10.6. The molecule has 2 amide bonds. The molecule has 0 unspecified atom stereocenters. The third-order valence-electron chi connectivity index (χ3n) is 11.0. The molecule has 0 fully saturated rings. The van der Waals surface area contributed by atoms with Crippen molar-refractivity contribution in [1.29, 1.82) is 0 Å². The summed E-state index contributed by atoms with van der Waals surface area (Å²) in [6, 6.07) is 5.20. The summed E-state index contributed by atoms with van der Waals surface area (Å²) in [5, 5.41) is 9.30. The number of aromatic nitrogens is 5. The van der Waals surface area contributed by atoms with E-state index in [1.54, 1.807) is 0 Å². The quantitative estimate of drug-likeness (QED) is 0.0740. The van der Waals surface area contributed by atoms with Gasteiger partial charge in [0.15, 0.2) is 21.3 Å². The fraction of sp³-hybridized carbons (Fsp3) is 0.372. The van der Waals surface area contributed by atoms with Crippen LogP contribution in [0.3, 0.4) is 0 Å². The number of carbonyl (C=O) groups is 2. The van der Waals surface area contributed by atoms with Crippen molar-refractivity contribution in [2.45, 2.75) is 75.8 Å². The Morgan fingerprint density at radius 1 is 0.986 bits per heavy atom. The smallest absolute Gasteiger partial charge is 0.435 e. The number of pyridine rings is 1. The first kappa shape index (κ1) is 51.9. The lowest BCUT2D eigenvalue weighted by Crippen LogP contribution is -2.36. The highest BCUT2D eigenvalue weighted by Gasteiger charge is 2.55. The van der Waals surface area contributed by atoms with Crippen molar-refractivity contribution in [2.75, 3.05) is 23.9 Å². The second-order valence-electron chi connectivity index (χ2n) is 16.5. The van der Waals surface area contributed by atoms with Crippen molar-refractivity contribution in [1.82, 2.24) is 29.9 Å². The molecule has 69 heavy (non-hydrogen) atoms. The molecule has 3 aromatic heterocycles. The van der Waals surface area contributed by atoms with Gasteiger partial charge < -0.3 is 10.1 Å². The number of anilines is 1. The minimum atomic E-state index is -5.26. The summed E-state index contributed by atoms with van der Waals surface area (Å²) in [7, 11) is -7.80. The molecule has 0 spiro atoms. The number of halogens is 10. The molecule has 2 atom stereocenters. The van der Waals surface area contributed by atoms with Crippen LogP contribution in [0.4, 0.5) is 54.5 Å². The first-order valence-electron chi connectivity index (χ1n) is 20.0. The summed E-state index contributed by atoms with van der Waals surface area (Å²) >= 11 is 0. The van der Waals surface area contributed by atoms with Crippen LogP contribution in [0.5, 0.6) is 0 Å². The molecule has 1 N–H and O–H groups in total. The molecular formula is C43H39F10N7O7S2. The van der Waals surface area contributed by atoms with E-state index in [1.807, 2.05) is 0 Å². The van der Waals surface area contributed by atoms with Crippen LogP contribution >= 0.6 is 0 Å². The lowest BCUT2D eigenvalue weighted by Gasteiger charge is -2.24. The van der Waals surface area contributed by atoms with Crippen molar-refractivity contribution in [3.63, 3.8) is 0 Å². The molecule has 6 rings (SSSR count). The molecule has 1 aliphatic carbocycles. The Morgan fingerprint density at radius 2 is 1.61 bits per heavy atom. The van der Waals surface area contributed by atoms with E-state index in [0.29, 0.717) is 17.0 Å².